The SMILES string of the molecule is CC(=O)N(c1nc(CN2CCCc3cc(C)ccc32)cs1)c1c(C)cccc1C. The minimum Gasteiger partial charge on any atom is -0.365 e. The van der Waals surface area contributed by atoms with E-state index < -0.39 is 0 Å². The molecule has 150 valence electrons. The first-order chi connectivity index (χ1) is 13.9. The van der Waals surface area contributed by atoms with Crippen molar-refractivity contribution in [1.29, 1.82) is 0 Å². The van der Waals surface area contributed by atoms with Crippen LogP contribution in [0.25, 0.3) is 0 Å². The number of anilines is 3. The van der Waals surface area contributed by atoms with Gasteiger partial charge in [0.2, 0.25) is 5.91 Å². The van der Waals surface area contributed by atoms with E-state index in [9.17, 15) is 4.79 Å². The molecule has 3 aromatic rings. The van der Waals surface area contributed by atoms with Crippen LogP contribution >= 0.6 is 11.3 Å². The van der Waals surface area contributed by atoms with Crippen LogP contribution in [0.2, 0.25) is 0 Å². The molecule has 0 saturated heterocycles. The summed E-state index contributed by atoms with van der Waals surface area (Å²) < 4.78 is 0. The van der Waals surface area contributed by atoms with Crippen molar-refractivity contribution < 1.29 is 4.79 Å². The van der Waals surface area contributed by atoms with Crippen molar-refractivity contribution in [1.82, 2.24) is 4.98 Å². The molecule has 0 N–H and O–H groups in total. The van der Waals surface area contributed by atoms with Crippen LogP contribution in [0.4, 0.5) is 16.5 Å². The molecule has 0 spiro atoms. The van der Waals surface area contributed by atoms with Gasteiger partial charge in [0.05, 0.1) is 17.9 Å². The largest absolute Gasteiger partial charge is 0.365 e. The van der Waals surface area contributed by atoms with Crippen LogP contribution in [0.1, 0.15) is 41.3 Å². The fourth-order valence-electron chi connectivity index (χ4n) is 4.18. The maximum atomic E-state index is 12.5. The van der Waals surface area contributed by atoms with Crippen LogP contribution in [0.15, 0.2) is 41.8 Å². The molecule has 5 heteroatoms. The molecular formula is C24H27N3OS. The molecule has 4 rings (SSSR count). The van der Waals surface area contributed by atoms with E-state index in [1.54, 1.807) is 11.8 Å². The highest BCUT2D eigenvalue weighted by atomic mass is 32.1. The predicted molar refractivity (Wildman–Crippen MR) is 121 cm³/mol. The lowest BCUT2D eigenvalue weighted by Gasteiger charge is -2.31. The van der Waals surface area contributed by atoms with Gasteiger partial charge < -0.3 is 4.90 Å². The van der Waals surface area contributed by atoms with Crippen LogP contribution in [0.3, 0.4) is 0 Å². The second-order valence-electron chi connectivity index (χ2n) is 7.87. The Labute approximate surface area is 176 Å². The highest BCUT2D eigenvalue weighted by Crippen LogP contribution is 2.35. The van der Waals surface area contributed by atoms with E-state index in [1.165, 1.54) is 28.2 Å². The first kappa shape index (κ1) is 19.6. The van der Waals surface area contributed by atoms with Gasteiger partial charge in [0.25, 0.3) is 0 Å². The maximum absolute atomic E-state index is 12.5. The second-order valence-corrected chi connectivity index (χ2v) is 8.71. The minimum atomic E-state index is -0.0120. The van der Waals surface area contributed by atoms with Gasteiger partial charge in [0.15, 0.2) is 5.13 Å². The third kappa shape index (κ3) is 3.92. The molecule has 0 atom stereocenters. The van der Waals surface area contributed by atoms with Crippen molar-refractivity contribution in [2.24, 2.45) is 0 Å². The van der Waals surface area contributed by atoms with E-state index in [0.29, 0.717) is 0 Å². The number of para-hydroxylation sites is 1. The summed E-state index contributed by atoms with van der Waals surface area (Å²) in [5.41, 5.74) is 8.17. The van der Waals surface area contributed by atoms with Crippen LogP contribution in [0, 0.1) is 20.8 Å². The highest BCUT2D eigenvalue weighted by molar-refractivity contribution is 7.14. The van der Waals surface area contributed by atoms with E-state index in [0.717, 1.165) is 53.6 Å². The third-order valence-corrected chi connectivity index (χ3v) is 6.39. The highest BCUT2D eigenvalue weighted by Gasteiger charge is 2.23. The Kier molecular flexibility index (Phi) is 5.41. The van der Waals surface area contributed by atoms with Crippen LogP contribution in [0.5, 0.6) is 0 Å². The summed E-state index contributed by atoms with van der Waals surface area (Å²) in [6.45, 7) is 9.65. The quantitative estimate of drug-likeness (QED) is 0.558. The lowest BCUT2D eigenvalue weighted by Crippen LogP contribution is -2.29. The van der Waals surface area contributed by atoms with Crippen molar-refractivity contribution in [2.45, 2.75) is 47.1 Å². The number of fused-ring (bicyclic) bond motifs is 1. The number of carbonyl (C=O) groups excluding carboxylic acids is 1. The normalized spacial score (nSPS) is 13.3. The van der Waals surface area contributed by atoms with E-state index in [-0.39, 0.29) is 5.91 Å². The molecule has 1 aliphatic heterocycles. The monoisotopic (exact) mass is 405 g/mol. The Morgan fingerprint density at radius 2 is 1.93 bits per heavy atom. The van der Waals surface area contributed by atoms with Crippen molar-refractivity contribution in [3.05, 3.63) is 69.7 Å². The number of amides is 1. The Hall–Kier alpha value is -2.66. The van der Waals surface area contributed by atoms with Gasteiger partial charge in [-0.3, -0.25) is 9.69 Å². The fraction of sp³-hybridized carbons (Fsp3) is 0.333. The number of aryl methyl sites for hydroxylation is 4. The van der Waals surface area contributed by atoms with Gasteiger partial charge in [-0.05, 0) is 56.4 Å². The molecule has 0 unspecified atom stereocenters. The van der Waals surface area contributed by atoms with Gasteiger partial charge in [-0.25, -0.2) is 4.98 Å². The molecule has 0 saturated carbocycles. The Morgan fingerprint density at radius 1 is 1.17 bits per heavy atom. The van der Waals surface area contributed by atoms with Gasteiger partial charge in [-0.1, -0.05) is 35.9 Å². The van der Waals surface area contributed by atoms with E-state index in [1.807, 2.05) is 32.0 Å². The zero-order chi connectivity index (χ0) is 20.5. The molecule has 29 heavy (non-hydrogen) atoms. The fourth-order valence-corrected chi connectivity index (χ4v) is 5.05. The Bertz CT molecular complexity index is 1040. The first-order valence-electron chi connectivity index (χ1n) is 10.1. The van der Waals surface area contributed by atoms with Crippen LogP contribution in [-0.2, 0) is 17.8 Å². The number of carbonyl (C=O) groups is 1. The molecule has 2 aromatic carbocycles. The number of thiazole rings is 1. The summed E-state index contributed by atoms with van der Waals surface area (Å²) >= 11 is 1.54. The number of aromatic nitrogens is 1. The molecule has 0 radical (unpaired) electrons. The lowest BCUT2D eigenvalue weighted by molar-refractivity contribution is -0.115. The molecule has 0 fully saturated rings. The van der Waals surface area contributed by atoms with E-state index in [2.05, 4.69) is 35.4 Å². The summed E-state index contributed by atoms with van der Waals surface area (Å²) in [6.07, 6.45) is 2.30. The topological polar surface area (TPSA) is 36.4 Å². The van der Waals surface area contributed by atoms with Crippen molar-refractivity contribution in [3.63, 3.8) is 0 Å². The van der Waals surface area contributed by atoms with Gasteiger partial charge >= 0.3 is 0 Å². The lowest BCUT2D eigenvalue weighted by atomic mass is 9.99. The van der Waals surface area contributed by atoms with Gasteiger partial charge in [-0.2, -0.15) is 0 Å². The Balaban J connectivity index is 1.62. The molecule has 1 amide bonds. The summed E-state index contributed by atoms with van der Waals surface area (Å²) in [4.78, 5) is 21.6. The molecule has 0 bridgehead atoms. The number of hydrogen-bond acceptors (Lipinski definition) is 4. The molecule has 1 aliphatic rings. The summed E-state index contributed by atoms with van der Waals surface area (Å²) in [5.74, 6) is -0.0120. The zero-order valence-corrected chi connectivity index (χ0v) is 18.3. The van der Waals surface area contributed by atoms with Gasteiger partial charge in [-0.15, -0.1) is 11.3 Å². The zero-order valence-electron chi connectivity index (χ0n) is 17.5. The average molecular weight is 406 g/mol. The predicted octanol–water partition coefficient (Wildman–Crippen LogP) is 5.71. The average Bonchev–Trinajstić information content (AvgIpc) is 3.12. The van der Waals surface area contributed by atoms with Gasteiger partial charge in [0.1, 0.15) is 0 Å². The van der Waals surface area contributed by atoms with Crippen molar-refractivity contribution in [2.75, 3.05) is 16.3 Å². The molecule has 0 aliphatic carbocycles. The summed E-state index contributed by atoms with van der Waals surface area (Å²) in [6, 6.07) is 12.8. The number of hydrogen-bond donors (Lipinski definition) is 0. The molecular weight excluding hydrogens is 378 g/mol. The first-order valence-corrected chi connectivity index (χ1v) is 11.0. The van der Waals surface area contributed by atoms with Gasteiger partial charge in [0, 0.05) is 24.5 Å². The summed E-state index contributed by atoms with van der Waals surface area (Å²) in [5, 5.41) is 2.83. The van der Waals surface area contributed by atoms with E-state index in [4.69, 9.17) is 4.98 Å². The third-order valence-electron chi connectivity index (χ3n) is 5.51. The molecule has 4 nitrogen and oxygen atoms in total. The number of rotatable bonds is 4. The summed E-state index contributed by atoms with van der Waals surface area (Å²) in [7, 11) is 0. The molecule has 1 aromatic heterocycles. The molecule has 2 heterocycles. The minimum absolute atomic E-state index is 0.0120. The van der Waals surface area contributed by atoms with Crippen molar-refractivity contribution >= 4 is 33.8 Å². The van der Waals surface area contributed by atoms with E-state index >= 15 is 0 Å². The smallest absolute Gasteiger partial charge is 0.230 e. The Morgan fingerprint density at radius 3 is 2.66 bits per heavy atom. The van der Waals surface area contributed by atoms with Crippen LogP contribution < -0.4 is 9.80 Å². The maximum Gasteiger partial charge on any atom is 0.230 e. The number of benzene rings is 2. The second kappa shape index (κ2) is 7.99. The van der Waals surface area contributed by atoms with Crippen molar-refractivity contribution in [3.8, 4) is 0 Å². The standard InChI is InChI=1S/C24H27N3OS/c1-16-10-11-22-20(13-16)9-6-12-26(22)14-21-15-29-24(25-21)27(19(4)28)23-17(2)7-5-8-18(23)3/h5,7-8,10-11,13,15H,6,9,12,14H2,1-4H3. The van der Waals surface area contributed by atoms with Crippen LogP contribution in [-0.4, -0.2) is 17.4 Å². The number of nitrogens with zero attached hydrogens (tertiary/aromatic N) is 3.